The van der Waals surface area contributed by atoms with Crippen LogP contribution in [0.15, 0.2) is 51.7 Å². The van der Waals surface area contributed by atoms with Gasteiger partial charge < -0.3 is 14.4 Å². The van der Waals surface area contributed by atoms with Gasteiger partial charge in [0, 0.05) is 50.2 Å². The molecule has 1 N–H and O–H groups in total. The average molecular weight is 382 g/mol. The molecule has 0 atom stereocenters. The van der Waals surface area contributed by atoms with Gasteiger partial charge in [-0.3, -0.25) is 4.90 Å². The highest BCUT2D eigenvalue weighted by Crippen LogP contribution is 2.28. The molecule has 0 aliphatic carbocycles. The second-order valence-electron chi connectivity index (χ2n) is 7.14. The topological polar surface area (TPSA) is 56.9 Å². The van der Waals surface area contributed by atoms with E-state index in [2.05, 4.69) is 9.80 Å². The number of phenolic OH excluding ortho intramolecular Hbond substituents is 1. The van der Waals surface area contributed by atoms with Gasteiger partial charge in [-0.25, -0.2) is 9.18 Å². The van der Waals surface area contributed by atoms with Crippen LogP contribution >= 0.6 is 0 Å². The number of hydrogen-bond donors (Lipinski definition) is 1. The lowest BCUT2D eigenvalue weighted by Crippen LogP contribution is -2.46. The number of fused-ring (bicyclic) bond motifs is 1. The van der Waals surface area contributed by atoms with Crippen molar-refractivity contribution < 1.29 is 13.9 Å². The highest BCUT2D eigenvalue weighted by molar-refractivity contribution is 5.82. The summed E-state index contributed by atoms with van der Waals surface area (Å²) in [5, 5.41) is 10.9. The number of aromatic hydroxyl groups is 1. The molecule has 1 aliphatic rings. The first kappa shape index (κ1) is 18.5. The molecule has 146 valence electrons. The van der Waals surface area contributed by atoms with Crippen LogP contribution in [0.3, 0.4) is 0 Å². The first-order chi connectivity index (χ1) is 13.5. The maximum Gasteiger partial charge on any atom is 0.336 e. The molecule has 2 aromatic carbocycles. The third kappa shape index (κ3) is 3.60. The van der Waals surface area contributed by atoms with Gasteiger partial charge in [0.05, 0.1) is 5.69 Å². The molecule has 28 heavy (non-hydrogen) atoms. The predicted molar refractivity (Wildman–Crippen MR) is 107 cm³/mol. The minimum absolute atomic E-state index is 0.147. The molecule has 2 heterocycles. The van der Waals surface area contributed by atoms with Crippen molar-refractivity contribution in [2.45, 2.75) is 19.9 Å². The van der Waals surface area contributed by atoms with E-state index in [9.17, 15) is 14.3 Å². The van der Waals surface area contributed by atoms with Crippen LogP contribution in [0.1, 0.15) is 18.1 Å². The summed E-state index contributed by atoms with van der Waals surface area (Å²) >= 11 is 0. The first-order valence-corrected chi connectivity index (χ1v) is 9.55. The number of hydrogen-bond acceptors (Lipinski definition) is 5. The molecular weight excluding hydrogens is 359 g/mol. The molecule has 0 saturated carbocycles. The summed E-state index contributed by atoms with van der Waals surface area (Å²) in [6, 6.07) is 11.8. The summed E-state index contributed by atoms with van der Waals surface area (Å²) in [6.07, 6.45) is 0.696. The molecule has 1 aliphatic heterocycles. The molecule has 0 spiro atoms. The maximum absolute atomic E-state index is 14.0. The van der Waals surface area contributed by atoms with Crippen LogP contribution in [0, 0.1) is 5.82 Å². The lowest BCUT2D eigenvalue weighted by atomic mass is 10.0. The Morgan fingerprint density at radius 2 is 1.82 bits per heavy atom. The van der Waals surface area contributed by atoms with Crippen molar-refractivity contribution in [2.24, 2.45) is 0 Å². The number of anilines is 1. The van der Waals surface area contributed by atoms with Crippen LogP contribution in [0.2, 0.25) is 0 Å². The van der Waals surface area contributed by atoms with E-state index in [1.165, 1.54) is 18.2 Å². The average Bonchev–Trinajstić information content (AvgIpc) is 2.68. The highest BCUT2D eigenvalue weighted by atomic mass is 19.1. The quantitative estimate of drug-likeness (QED) is 0.700. The molecule has 0 radical (unpaired) electrons. The molecule has 5 nitrogen and oxygen atoms in total. The van der Waals surface area contributed by atoms with Crippen molar-refractivity contribution in [1.29, 1.82) is 0 Å². The zero-order valence-corrected chi connectivity index (χ0v) is 15.8. The van der Waals surface area contributed by atoms with Gasteiger partial charge >= 0.3 is 5.63 Å². The molecule has 4 rings (SSSR count). The Hall–Kier alpha value is -2.86. The monoisotopic (exact) mass is 382 g/mol. The van der Waals surface area contributed by atoms with Gasteiger partial charge in [0.15, 0.2) is 0 Å². The van der Waals surface area contributed by atoms with Crippen molar-refractivity contribution >= 4 is 16.7 Å². The SMILES string of the molecule is CCc1cc2c(CN3CCN(c4ccccc4F)CC3)cc(=O)oc2cc1O. The number of phenols is 1. The molecule has 0 unspecified atom stereocenters. The number of para-hydroxylation sites is 1. The lowest BCUT2D eigenvalue weighted by Gasteiger charge is -2.36. The summed E-state index contributed by atoms with van der Waals surface area (Å²) in [5.41, 5.74) is 2.33. The predicted octanol–water partition coefficient (Wildman–Crippen LogP) is 3.52. The lowest BCUT2D eigenvalue weighted by molar-refractivity contribution is 0.249. The summed E-state index contributed by atoms with van der Waals surface area (Å²) in [4.78, 5) is 16.3. The fraction of sp³-hybridized carbons (Fsp3) is 0.318. The molecule has 1 fully saturated rings. The van der Waals surface area contributed by atoms with Crippen LogP contribution in [0.4, 0.5) is 10.1 Å². The van der Waals surface area contributed by atoms with Crippen LogP contribution < -0.4 is 10.5 Å². The van der Waals surface area contributed by atoms with Crippen molar-refractivity contribution in [1.82, 2.24) is 4.90 Å². The Morgan fingerprint density at radius 3 is 2.54 bits per heavy atom. The smallest absolute Gasteiger partial charge is 0.336 e. The third-order valence-electron chi connectivity index (χ3n) is 5.37. The van der Waals surface area contributed by atoms with E-state index in [0.717, 1.165) is 42.7 Å². The Bertz CT molecular complexity index is 1060. The van der Waals surface area contributed by atoms with Gasteiger partial charge in [-0.15, -0.1) is 0 Å². The molecular formula is C22H23FN2O3. The van der Waals surface area contributed by atoms with Crippen LogP contribution in [0.5, 0.6) is 5.75 Å². The molecule has 3 aromatic rings. The van der Waals surface area contributed by atoms with Gasteiger partial charge in [-0.2, -0.15) is 0 Å². The van der Waals surface area contributed by atoms with Crippen molar-refractivity contribution in [3.63, 3.8) is 0 Å². The zero-order valence-electron chi connectivity index (χ0n) is 15.8. The molecule has 1 saturated heterocycles. The number of halogens is 1. The normalized spacial score (nSPS) is 15.3. The summed E-state index contributed by atoms with van der Waals surface area (Å²) in [5.74, 6) is -0.0525. The van der Waals surface area contributed by atoms with Gasteiger partial charge in [-0.05, 0) is 35.7 Å². The fourth-order valence-corrected chi connectivity index (χ4v) is 3.82. The number of nitrogens with zero attached hydrogens (tertiary/aromatic N) is 2. The molecule has 1 aromatic heterocycles. The van der Waals surface area contributed by atoms with E-state index in [-0.39, 0.29) is 11.6 Å². The maximum atomic E-state index is 14.0. The van der Waals surface area contributed by atoms with Gasteiger partial charge in [0.25, 0.3) is 0 Å². The summed E-state index contributed by atoms with van der Waals surface area (Å²) in [6.45, 7) is 5.58. The third-order valence-corrected chi connectivity index (χ3v) is 5.37. The highest BCUT2D eigenvalue weighted by Gasteiger charge is 2.20. The Balaban J connectivity index is 1.54. The second kappa shape index (κ2) is 7.64. The van der Waals surface area contributed by atoms with Gasteiger partial charge in [-0.1, -0.05) is 19.1 Å². The number of rotatable bonds is 4. The van der Waals surface area contributed by atoms with Crippen LogP contribution in [0.25, 0.3) is 11.0 Å². The van der Waals surface area contributed by atoms with Crippen LogP contribution in [-0.2, 0) is 13.0 Å². The number of benzene rings is 2. The van der Waals surface area contributed by atoms with Crippen molar-refractivity contribution in [2.75, 3.05) is 31.1 Å². The summed E-state index contributed by atoms with van der Waals surface area (Å²) < 4.78 is 19.3. The number of piperazine rings is 1. The van der Waals surface area contributed by atoms with Gasteiger partial charge in [0.1, 0.15) is 17.1 Å². The first-order valence-electron chi connectivity index (χ1n) is 9.55. The minimum atomic E-state index is -0.420. The van der Waals surface area contributed by atoms with E-state index in [0.29, 0.717) is 24.2 Å². The zero-order chi connectivity index (χ0) is 19.7. The van der Waals surface area contributed by atoms with E-state index in [4.69, 9.17) is 4.42 Å². The Kier molecular flexibility index (Phi) is 5.05. The number of aryl methyl sites for hydroxylation is 1. The standard InChI is InChI=1S/C22H23FN2O3/c1-2-15-11-17-16(12-22(27)28-21(17)13-20(15)26)14-24-7-9-25(10-8-24)19-6-4-3-5-18(19)23/h3-6,11-13,26H,2,7-10,14H2,1H3. The van der Waals surface area contributed by atoms with E-state index >= 15 is 0 Å². The van der Waals surface area contributed by atoms with Crippen molar-refractivity contribution in [3.05, 3.63) is 69.8 Å². The van der Waals surface area contributed by atoms with E-state index in [1.54, 1.807) is 12.1 Å². The van der Waals surface area contributed by atoms with Gasteiger partial charge in [0.2, 0.25) is 0 Å². The van der Waals surface area contributed by atoms with E-state index in [1.807, 2.05) is 19.1 Å². The summed E-state index contributed by atoms with van der Waals surface area (Å²) in [7, 11) is 0. The van der Waals surface area contributed by atoms with Crippen LogP contribution in [-0.4, -0.2) is 36.2 Å². The minimum Gasteiger partial charge on any atom is -0.508 e. The second-order valence-corrected chi connectivity index (χ2v) is 7.14. The van der Waals surface area contributed by atoms with E-state index < -0.39 is 5.63 Å². The van der Waals surface area contributed by atoms with Crippen molar-refractivity contribution in [3.8, 4) is 5.75 Å². The Labute approximate surface area is 162 Å². The largest absolute Gasteiger partial charge is 0.508 e. The molecule has 6 heteroatoms. The Morgan fingerprint density at radius 1 is 1.07 bits per heavy atom. The fourth-order valence-electron chi connectivity index (χ4n) is 3.82. The molecule has 0 amide bonds. The molecule has 0 bridgehead atoms.